The summed E-state index contributed by atoms with van der Waals surface area (Å²) >= 11 is 6.56. The van der Waals surface area contributed by atoms with E-state index in [-0.39, 0.29) is 5.75 Å². The Hall–Kier alpha value is -0.590. The Labute approximate surface area is 110 Å². The summed E-state index contributed by atoms with van der Waals surface area (Å²) in [4.78, 5) is 10.8. The van der Waals surface area contributed by atoms with E-state index in [0.717, 1.165) is 4.47 Å². The van der Waals surface area contributed by atoms with Crippen molar-refractivity contribution in [2.24, 2.45) is 5.73 Å². The Morgan fingerprint density at radius 1 is 1.56 bits per heavy atom. The summed E-state index contributed by atoms with van der Waals surface area (Å²) in [6.07, 6.45) is 0. The molecule has 0 saturated heterocycles. The van der Waals surface area contributed by atoms with Crippen LogP contribution in [-0.4, -0.2) is 17.1 Å². The molecule has 0 unspecified atom stereocenters. The van der Waals surface area contributed by atoms with E-state index >= 15 is 0 Å². The summed E-state index contributed by atoms with van der Waals surface area (Å²) in [7, 11) is 0. The number of phenolic OH excluding ortho intramolecular Hbond substituents is 1. The van der Waals surface area contributed by atoms with Gasteiger partial charge in [0.15, 0.2) is 0 Å². The van der Waals surface area contributed by atoms with Gasteiger partial charge in [0, 0.05) is 16.6 Å². The van der Waals surface area contributed by atoms with Crippen LogP contribution in [0, 0.1) is 0 Å². The summed E-state index contributed by atoms with van der Waals surface area (Å²) in [6, 6.07) is 3.09. The van der Waals surface area contributed by atoms with Gasteiger partial charge in [-0.05, 0) is 35.0 Å². The van der Waals surface area contributed by atoms with Crippen LogP contribution in [0.1, 0.15) is 12.5 Å². The summed E-state index contributed by atoms with van der Waals surface area (Å²) in [6.45, 7) is 2.04. The second-order valence-corrected chi connectivity index (χ2v) is 5.17. The van der Waals surface area contributed by atoms with Crippen LogP contribution in [-0.2, 0) is 11.3 Å². The molecule has 1 rings (SSSR count). The predicted molar refractivity (Wildman–Crippen MR) is 69.0 cm³/mol. The first-order chi connectivity index (χ1) is 7.41. The molecule has 0 aliphatic carbocycles. The standard InChI is InChI=1S/C10H12Br2N2O2/c1-5(10(13)16)14-4-6-2-7(11)3-8(12)9(6)15/h2-3,5,14-15H,4H2,1H3,(H2,13,16)/t5-/m0/s1. The monoisotopic (exact) mass is 350 g/mol. The van der Waals surface area contributed by atoms with Gasteiger partial charge in [0.2, 0.25) is 5.91 Å². The summed E-state index contributed by atoms with van der Waals surface area (Å²) < 4.78 is 1.45. The molecule has 0 radical (unpaired) electrons. The largest absolute Gasteiger partial charge is 0.506 e. The minimum Gasteiger partial charge on any atom is -0.506 e. The number of nitrogens with one attached hydrogen (secondary N) is 1. The van der Waals surface area contributed by atoms with Gasteiger partial charge in [-0.1, -0.05) is 15.9 Å². The molecule has 88 valence electrons. The number of aromatic hydroxyl groups is 1. The minimum absolute atomic E-state index is 0.160. The Morgan fingerprint density at radius 2 is 2.19 bits per heavy atom. The molecule has 4 N–H and O–H groups in total. The summed E-state index contributed by atoms with van der Waals surface area (Å²) in [5.74, 6) is -0.263. The van der Waals surface area contributed by atoms with Gasteiger partial charge in [-0.2, -0.15) is 0 Å². The van der Waals surface area contributed by atoms with Gasteiger partial charge in [-0.15, -0.1) is 0 Å². The van der Waals surface area contributed by atoms with E-state index in [1.165, 1.54) is 0 Å². The van der Waals surface area contributed by atoms with Crippen LogP contribution in [0.25, 0.3) is 0 Å². The zero-order chi connectivity index (χ0) is 12.3. The van der Waals surface area contributed by atoms with Crippen LogP contribution in [0.2, 0.25) is 0 Å². The second-order valence-electron chi connectivity index (χ2n) is 3.40. The molecule has 1 atom stereocenters. The van der Waals surface area contributed by atoms with Crippen molar-refractivity contribution in [1.82, 2.24) is 5.32 Å². The molecule has 0 aromatic heterocycles. The third-order valence-corrected chi connectivity index (χ3v) is 3.19. The normalized spacial score (nSPS) is 12.4. The zero-order valence-corrected chi connectivity index (χ0v) is 11.8. The first kappa shape index (κ1) is 13.5. The molecule has 6 heteroatoms. The van der Waals surface area contributed by atoms with Crippen molar-refractivity contribution in [3.05, 3.63) is 26.6 Å². The number of amides is 1. The van der Waals surface area contributed by atoms with Crippen LogP contribution in [0.15, 0.2) is 21.1 Å². The number of rotatable bonds is 4. The van der Waals surface area contributed by atoms with Crippen LogP contribution in [0.4, 0.5) is 0 Å². The van der Waals surface area contributed by atoms with Gasteiger partial charge in [0.05, 0.1) is 10.5 Å². The predicted octanol–water partition coefficient (Wildman–Crippen LogP) is 1.88. The summed E-state index contributed by atoms with van der Waals surface area (Å²) in [5.41, 5.74) is 5.80. The molecule has 4 nitrogen and oxygen atoms in total. The van der Waals surface area contributed by atoms with E-state index in [1.807, 2.05) is 0 Å². The quantitative estimate of drug-likeness (QED) is 0.775. The van der Waals surface area contributed by atoms with Crippen LogP contribution < -0.4 is 11.1 Å². The molecule has 0 fully saturated rings. The van der Waals surface area contributed by atoms with Crippen LogP contribution in [0.3, 0.4) is 0 Å². The first-order valence-corrected chi connectivity index (χ1v) is 6.20. The molecular formula is C10H12Br2N2O2. The number of benzene rings is 1. The topological polar surface area (TPSA) is 75.3 Å². The maximum absolute atomic E-state index is 10.8. The highest BCUT2D eigenvalue weighted by Gasteiger charge is 2.11. The lowest BCUT2D eigenvalue weighted by atomic mass is 10.2. The molecular weight excluding hydrogens is 340 g/mol. The molecule has 0 saturated carbocycles. The van der Waals surface area contributed by atoms with E-state index in [0.29, 0.717) is 16.6 Å². The Morgan fingerprint density at radius 3 is 2.75 bits per heavy atom. The Kier molecular flexibility index (Phi) is 4.76. The molecule has 0 bridgehead atoms. The van der Waals surface area contributed by atoms with E-state index in [1.54, 1.807) is 19.1 Å². The fraction of sp³-hybridized carbons (Fsp3) is 0.300. The fourth-order valence-corrected chi connectivity index (χ4v) is 2.43. The lowest BCUT2D eigenvalue weighted by Crippen LogP contribution is -2.38. The molecule has 0 aliphatic rings. The Bertz CT molecular complexity index is 410. The average Bonchev–Trinajstić information content (AvgIpc) is 2.20. The van der Waals surface area contributed by atoms with Gasteiger partial charge < -0.3 is 16.2 Å². The highest BCUT2D eigenvalue weighted by Crippen LogP contribution is 2.31. The lowest BCUT2D eigenvalue weighted by Gasteiger charge is -2.12. The SMILES string of the molecule is C[C@H](NCc1cc(Br)cc(Br)c1O)C(N)=O. The third-order valence-electron chi connectivity index (χ3n) is 2.13. The molecule has 0 aliphatic heterocycles. The maximum atomic E-state index is 10.8. The van der Waals surface area contributed by atoms with Crippen LogP contribution in [0.5, 0.6) is 5.75 Å². The maximum Gasteiger partial charge on any atom is 0.234 e. The lowest BCUT2D eigenvalue weighted by molar-refractivity contribution is -0.119. The molecule has 1 aromatic carbocycles. The fourth-order valence-electron chi connectivity index (χ4n) is 1.12. The first-order valence-electron chi connectivity index (χ1n) is 4.61. The van der Waals surface area contributed by atoms with Crippen LogP contribution >= 0.6 is 31.9 Å². The van der Waals surface area contributed by atoms with Crippen molar-refractivity contribution in [2.75, 3.05) is 0 Å². The molecule has 0 spiro atoms. The number of phenols is 1. The third kappa shape index (κ3) is 3.47. The van der Waals surface area contributed by atoms with Gasteiger partial charge in [0.25, 0.3) is 0 Å². The van der Waals surface area contributed by atoms with Gasteiger partial charge in [0.1, 0.15) is 5.75 Å². The van der Waals surface area contributed by atoms with Crippen molar-refractivity contribution in [3.63, 3.8) is 0 Å². The highest BCUT2D eigenvalue weighted by molar-refractivity contribution is 9.11. The zero-order valence-electron chi connectivity index (χ0n) is 8.63. The highest BCUT2D eigenvalue weighted by atomic mass is 79.9. The Balaban J connectivity index is 2.78. The van der Waals surface area contributed by atoms with E-state index in [9.17, 15) is 9.90 Å². The van der Waals surface area contributed by atoms with E-state index < -0.39 is 11.9 Å². The number of nitrogens with two attached hydrogens (primary N) is 1. The van der Waals surface area contributed by atoms with Crippen molar-refractivity contribution in [1.29, 1.82) is 0 Å². The minimum atomic E-state index is -0.433. The summed E-state index contributed by atoms with van der Waals surface area (Å²) in [5, 5.41) is 12.7. The molecule has 0 heterocycles. The van der Waals surface area contributed by atoms with Crippen molar-refractivity contribution in [2.45, 2.75) is 19.5 Å². The number of halogens is 2. The number of carbonyl (C=O) groups is 1. The van der Waals surface area contributed by atoms with E-state index in [2.05, 4.69) is 37.2 Å². The number of carbonyl (C=O) groups excluding carboxylic acids is 1. The van der Waals surface area contributed by atoms with Crippen molar-refractivity contribution >= 4 is 37.8 Å². The second kappa shape index (κ2) is 5.65. The molecule has 1 aromatic rings. The number of hydrogen-bond acceptors (Lipinski definition) is 3. The van der Waals surface area contributed by atoms with E-state index in [4.69, 9.17) is 5.73 Å². The van der Waals surface area contributed by atoms with Gasteiger partial charge in [-0.3, -0.25) is 4.79 Å². The molecule has 1 amide bonds. The van der Waals surface area contributed by atoms with Gasteiger partial charge in [-0.25, -0.2) is 0 Å². The smallest absolute Gasteiger partial charge is 0.234 e. The number of hydrogen-bond donors (Lipinski definition) is 3. The number of primary amides is 1. The van der Waals surface area contributed by atoms with Crippen molar-refractivity contribution in [3.8, 4) is 5.75 Å². The van der Waals surface area contributed by atoms with Gasteiger partial charge >= 0.3 is 0 Å². The molecule has 16 heavy (non-hydrogen) atoms. The van der Waals surface area contributed by atoms with Crippen molar-refractivity contribution < 1.29 is 9.90 Å². The average molecular weight is 352 g/mol.